The molecule has 0 amide bonds. The minimum absolute atomic E-state index is 0.113. The van der Waals surface area contributed by atoms with Crippen LogP contribution in [0.4, 0.5) is 0 Å². The zero-order valence-corrected chi connectivity index (χ0v) is 17.9. The second kappa shape index (κ2) is 8.89. The maximum absolute atomic E-state index is 13.5. The number of rotatable bonds is 7. The van der Waals surface area contributed by atoms with Crippen LogP contribution in [0.2, 0.25) is 0 Å². The third-order valence-corrected chi connectivity index (χ3v) is 5.09. The molecule has 0 aliphatic heterocycles. The Bertz CT molecular complexity index is 1310. The number of nitrogens with zero attached hydrogens (tertiary/aromatic N) is 2. The molecule has 164 valence electrons. The smallest absolute Gasteiger partial charge is 0.357 e. The molecule has 0 spiro atoms. The first kappa shape index (κ1) is 21.0. The van der Waals surface area contributed by atoms with Gasteiger partial charge in [0.25, 0.3) is 5.69 Å². The molecule has 0 bridgehead atoms. The van der Waals surface area contributed by atoms with Gasteiger partial charge in [-0.2, -0.15) is 4.73 Å². The number of methoxy groups -OCH3 is 3. The predicted molar refractivity (Wildman–Crippen MR) is 119 cm³/mol. The maximum Gasteiger partial charge on any atom is 0.357 e. The molecule has 1 heterocycles. The molecular weight excluding hydrogens is 412 g/mol. The lowest BCUT2D eigenvalue weighted by Gasteiger charge is -2.15. The summed E-state index contributed by atoms with van der Waals surface area (Å²) < 4.78 is 17.6. The summed E-state index contributed by atoms with van der Waals surface area (Å²) in [5, 5.41) is 13.2. The van der Waals surface area contributed by atoms with Gasteiger partial charge >= 0.3 is 5.56 Å². The van der Waals surface area contributed by atoms with E-state index in [0.29, 0.717) is 27.3 Å². The van der Waals surface area contributed by atoms with Crippen LogP contribution in [-0.2, 0) is 6.61 Å². The van der Waals surface area contributed by atoms with Crippen LogP contribution < -0.4 is 29.3 Å². The number of benzene rings is 3. The molecule has 1 aromatic heterocycles. The molecule has 0 saturated carbocycles. The maximum atomic E-state index is 13.5. The van der Waals surface area contributed by atoms with Crippen LogP contribution >= 0.6 is 0 Å². The molecular formula is C24H22N2O6. The summed E-state index contributed by atoms with van der Waals surface area (Å²) in [7, 11) is 4.58. The lowest BCUT2D eigenvalue weighted by Crippen LogP contribution is -2.42. The fourth-order valence-corrected chi connectivity index (χ4v) is 3.43. The summed E-state index contributed by atoms with van der Waals surface area (Å²) in [6.45, 7) is 0.121. The van der Waals surface area contributed by atoms with Gasteiger partial charge in [-0.05, 0) is 35.9 Å². The first-order valence-corrected chi connectivity index (χ1v) is 9.83. The van der Waals surface area contributed by atoms with Gasteiger partial charge in [0.1, 0.15) is 23.9 Å². The molecule has 3 aromatic carbocycles. The third-order valence-electron chi connectivity index (χ3n) is 5.09. The van der Waals surface area contributed by atoms with Crippen LogP contribution in [0.5, 0.6) is 17.2 Å². The molecule has 0 unspecified atom stereocenters. The van der Waals surface area contributed by atoms with E-state index in [0.717, 1.165) is 16.0 Å². The Morgan fingerprint density at radius 1 is 0.875 bits per heavy atom. The van der Waals surface area contributed by atoms with E-state index in [2.05, 4.69) is 0 Å². The van der Waals surface area contributed by atoms with Gasteiger partial charge in [-0.25, -0.2) is 0 Å². The SMILES string of the molecule is COc1ccc(COn2c(=O)c(-c3ccc(OC)cc3OC)[n+]([O-])c3ccccc32)cc1. The molecule has 0 N–H and O–H groups in total. The van der Waals surface area contributed by atoms with Gasteiger partial charge in [0.05, 0.1) is 26.9 Å². The van der Waals surface area contributed by atoms with E-state index < -0.39 is 5.56 Å². The Kier molecular flexibility index (Phi) is 5.85. The number of fused-ring (bicyclic) bond motifs is 1. The summed E-state index contributed by atoms with van der Waals surface area (Å²) >= 11 is 0. The first-order chi connectivity index (χ1) is 15.6. The summed E-state index contributed by atoms with van der Waals surface area (Å²) in [6.07, 6.45) is 0. The van der Waals surface area contributed by atoms with Gasteiger partial charge in [0.2, 0.25) is 5.52 Å². The van der Waals surface area contributed by atoms with Crippen molar-refractivity contribution in [3.8, 4) is 28.5 Å². The molecule has 0 atom stereocenters. The van der Waals surface area contributed by atoms with Gasteiger partial charge in [0, 0.05) is 12.1 Å². The van der Waals surface area contributed by atoms with Crippen LogP contribution in [0.1, 0.15) is 5.56 Å². The van der Waals surface area contributed by atoms with Crippen molar-refractivity contribution < 1.29 is 23.8 Å². The number of aromatic nitrogens is 2. The number of hydrogen-bond acceptors (Lipinski definition) is 6. The van der Waals surface area contributed by atoms with E-state index in [9.17, 15) is 10.0 Å². The number of hydrogen-bond donors (Lipinski definition) is 0. The van der Waals surface area contributed by atoms with Crippen molar-refractivity contribution in [2.24, 2.45) is 0 Å². The minimum Gasteiger partial charge on any atom is -0.618 e. The van der Waals surface area contributed by atoms with Crippen LogP contribution in [0.3, 0.4) is 0 Å². The topological polar surface area (TPSA) is 85.9 Å². The molecule has 4 aromatic rings. The normalized spacial score (nSPS) is 10.7. The van der Waals surface area contributed by atoms with Crippen molar-refractivity contribution in [1.82, 2.24) is 4.73 Å². The quantitative estimate of drug-likeness (QED) is 0.328. The standard InChI is InChI=1S/C24H22N2O6/c1-29-17-10-8-16(9-11-17)15-32-26-21-7-5-4-6-20(21)25(28)23(24(26)27)19-13-12-18(30-2)14-22(19)31-3/h4-14H,15H2,1-3H3. The lowest BCUT2D eigenvalue weighted by atomic mass is 10.1. The lowest BCUT2D eigenvalue weighted by molar-refractivity contribution is -0.566. The van der Waals surface area contributed by atoms with Crippen molar-refractivity contribution in [1.29, 1.82) is 0 Å². The summed E-state index contributed by atoms with van der Waals surface area (Å²) in [5.74, 6) is 1.60. The summed E-state index contributed by atoms with van der Waals surface area (Å²) in [4.78, 5) is 19.3. The highest BCUT2D eigenvalue weighted by atomic mass is 16.7. The largest absolute Gasteiger partial charge is 0.618 e. The molecule has 0 saturated heterocycles. The number of para-hydroxylation sites is 2. The molecule has 0 aliphatic rings. The molecule has 8 nitrogen and oxygen atoms in total. The summed E-state index contributed by atoms with van der Waals surface area (Å²) in [6, 6.07) is 19.0. The van der Waals surface area contributed by atoms with Crippen molar-refractivity contribution >= 4 is 11.0 Å². The van der Waals surface area contributed by atoms with Gasteiger partial charge in [0.15, 0.2) is 5.52 Å². The molecule has 0 aliphatic carbocycles. The van der Waals surface area contributed by atoms with E-state index in [1.54, 1.807) is 49.6 Å². The van der Waals surface area contributed by atoms with E-state index >= 15 is 0 Å². The average molecular weight is 434 g/mol. The fourth-order valence-electron chi connectivity index (χ4n) is 3.43. The predicted octanol–water partition coefficient (Wildman–Crippen LogP) is 2.96. The molecule has 32 heavy (non-hydrogen) atoms. The minimum atomic E-state index is -0.601. The fraction of sp³-hybridized carbons (Fsp3) is 0.167. The Hall–Kier alpha value is -4.20. The highest BCUT2D eigenvalue weighted by Gasteiger charge is 2.26. The van der Waals surface area contributed by atoms with Crippen molar-refractivity contribution in [3.63, 3.8) is 0 Å². The van der Waals surface area contributed by atoms with Crippen LogP contribution in [0.15, 0.2) is 71.5 Å². The zero-order valence-electron chi connectivity index (χ0n) is 17.9. The van der Waals surface area contributed by atoms with Gasteiger partial charge in [-0.1, -0.05) is 24.3 Å². The average Bonchev–Trinajstić information content (AvgIpc) is 2.84. The molecule has 4 rings (SSSR count). The van der Waals surface area contributed by atoms with Gasteiger partial charge < -0.3 is 24.3 Å². The second-order valence-corrected chi connectivity index (χ2v) is 6.92. The van der Waals surface area contributed by atoms with Crippen LogP contribution in [0, 0.1) is 5.21 Å². The van der Waals surface area contributed by atoms with Gasteiger partial charge in [-0.15, -0.1) is 4.73 Å². The first-order valence-electron chi connectivity index (χ1n) is 9.83. The summed E-state index contributed by atoms with van der Waals surface area (Å²) in [5.41, 5.74) is 1.10. The third kappa shape index (κ3) is 3.78. The Morgan fingerprint density at radius 3 is 2.25 bits per heavy atom. The van der Waals surface area contributed by atoms with E-state index in [1.807, 2.05) is 24.3 Å². The molecule has 0 fully saturated rings. The Morgan fingerprint density at radius 2 is 1.56 bits per heavy atom. The second-order valence-electron chi connectivity index (χ2n) is 6.92. The van der Waals surface area contributed by atoms with E-state index in [4.69, 9.17) is 19.0 Å². The van der Waals surface area contributed by atoms with E-state index in [1.165, 1.54) is 14.2 Å². The monoisotopic (exact) mass is 434 g/mol. The highest BCUT2D eigenvalue weighted by Crippen LogP contribution is 2.30. The highest BCUT2D eigenvalue weighted by molar-refractivity contribution is 5.74. The van der Waals surface area contributed by atoms with Crippen molar-refractivity contribution in [2.45, 2.75) is 6.61 Å². The Labute approximate surface area is 184 Å². The van der Waals surface area contributed by atoms with Gasteiger partial charge in [-0.3, -0.25) is 4.79 Å². The molecule has 8 heteroatoms. The zero-order chi connectivity index (χ0) is 22.7. The Balaban J connectivity index is 1.85. The van der Waals surface area contributed by atoms with Crippen LogP contribution in [0.25, 0.3) is 22.3 Å². The van der Waals surface area contributed by atoms with Crippen molar-refractivity contribution in [2.75, 3.05) is 21.3 Å². The van der Waals surface area contributed by atoms with E-state index in [-0.39, 0.29) is 17.8 Å². The number of ether oxygens (including phenoxy) is 3. The van der Waals surface area contributed by atoms with Crippen molar-refractivity contribution in [3.05, 3.63) is 87.9 Å². The van der Waals surface area contributed by atoms with Crippen LogP contribution in [-0.4, -0.2) is 26.1 Å². The molecule has 0 radical (unpaired) electrons.